The molecule has 0 bridgehead atoms. The maximum atomic E-state index is 8.96. The molecule has 0 unspecified atom stereocenters. The lowest BCUT2D eigenvalue weighted by Crippen LogP contribution is -2.00. The molecule has 3 nitrogen and oxygen atoms in total. The summed E-state index contributed by atoms with van der Waals surface area (Å²) >= 11 is 1.83. The molecule has 1 N–H and O–H groups in total. The number of hydrogen-bond donors (Lipinski definition) is 1. The molecule has 0 radical (unpaired) electrons. The lowest BCUT2D eigenvalue weighted by atomic mass is 10.3. The standard InChI is InChI=1S/C10H16N2OS/c1-3-4-14-7-10-11-8(2)5-9(6-13)12-10/h5,13H,3-4,6-7H2,1-2H3. The molecule has 1 aromatic heterocycles. The molecular weight excluding hydrogens is 196 g/mol. The second-order valence-corrected chi connectivity index (χ2v) is 4.23. The number of hydrogen-bond acceptors (Lipinski definition) is 4. The predicted molar refractivity (Wildman–Crippen MR) is 59.1 cm³/mol. The molecule has 0 amide bonds. The summed E-state index contributed by atoms with van der Waals surface area (Å²) in [5.41, 5.74) is 1.64. The molecule has 0 aromatic carbocycles. The van der Waals surface area contributed by atoms with E-state index in [1.165, 1.54) is 6.42 Å². The molecular formula is C10H16N2OS. The molecule has 0 spiro atoms. The Labute approximate surface area is 89.0 Å². The van der Waals surface area contributed by atoms with E-state index >= 15 is 0 Å². The third-order valence-corrected chi connectivity index (χ3v) is 2.85. The summed E-state index contributed by atoms with van der Waals surface area (Å²) in [5, 5.41) is 8.96. The Kier molecular flexibility index (Phi) is 4.90. The Balaban J connectivity index is 2.62. The van der Waals surface area contributed by atoms with Crippen LogP contribution < -0.4 is 0 Å². The Morgan fingerprint density at radius 3 is 2.86 bits per heavy atom. The van der Waals surface area contributed by atoms with Crippen LogP contribution >= 0.6 is 11.8 Å². The molecule has 78 valence electrons. The normalized spacial score (nSPS) is 10.5. The molecule has 0 saturated heterocycles. The molecule has 0 aliphatic rings. The first-order valence-electron chi connectivity index (χ1n) is 4.78. The molecule has 1 heterocycles. The van der Waals surface area contributed by atoms with Crippen LogP contribution in [0.1, 0.15) is 30.6 Å². The maximum absolute atomic E-state index is 8.96. The van der Waals surface area contributed by atoms with Gasteiger partial charge in [-0.15, -0.1) is 0 Å². The van der Waals surface area contributed by atoms with Gasteiger partial charge in [-0.25, -0.2) is 9.97 Å². The van der Waals surface area contributed by atoms with E-state index in [1.54, 1.807) is 0 Å². The van der Waals surface area contributed by atoms with Gasteiger partial charge in [0.1, 0.15) is 5.82 Å². The number of nitrogens with zero attached hydrogens (tertiary/aromatic N) is 2. The van der Waals surface area contributed by atoms with E-state index in [2.05, 4.69) is 16.9 Å². The molecule has 0 atom stereocenters. The van der Waals surface area contributed by atoms with Crippen molar-refractivity contribution < 1.29 is 5.11 Å². The largest absolute Gasteiger partial charge is 0.390 e. The predicted octanol–water partition coefficient (Wildman–Crippen LogP) is 1.92. The third kappa shape index (κ3) is 3.64. The van der Waals surface area contributed by atoms with Crippen LogP contribution in [0.25, 0.3) is 0 Å². The average molecular weight is 212 g/mol. The molecule has 0 saturated carbocycles. The van der Waals surface area contributed by atoms with Gasteiger partial charge in [0, 0.05) is 5.69 Å². The number of aromatic nitrogens is 2. The van der Waals surface area contributed by atoms with Gasteiger partial charge < -0.3 is 5.11 Å². The molecule has 4 heteroatoms. The molecule has 0 aliphatic heterocycles. The van der Waals surface area contributed by atoms with Crippen LogP contribution in [0.3, 0.4) is 0 Å². The number of aryl methyl sites for hydroxylation is 1. The lowest BCUT2D eigenvalue weighted by Gasteiger charge is -2.03. The van der Waals surface area contributed by atoms with Crippen molar-refractivity contribution in [2.45, 2.75) is 32.6 Å². The highest BCUT2D eigenvalue weighted by molar-refractivity contribution is 7.98. The zero-order valence-electron chi connectivity index (χ0n) is 8.66. The summed E-state index contributed by atoms with van der Waals surface area (Å²) < 4.78 is 0. The SMILES string of the molecule is CCCSCc1nc(C)cc(CO)n1. The molecule has 1 rings (SSSR count). The molecule has 14 heavy (non-hydrogen) atoms. The molecule has 0 fully saturated rings. The first-order valence-corrected chi connectivity index (χ1v) is 5.93. The number of aliphatic hydroxyl groups is 1. The van der Waals surface area contributed by atoms with Crippen LogP contribution in [0.15, 0.2) is 6.07 Å². The van der Waals surface area contributed by atoms with Crippen LogP contribution in [-0.2, 0) is 12.4 Å². The van der Waals surface area contributed by atoms with Crippen LogP contribution in [0.5, 0.6) is 0 Å². The topological polar surface area (TPSA) is 46.0 Å². The van der Waals surface area contributed by atoms with Gasteiger partial charge in [0.25, 0.3) is 0 Å². The minimum absolute atomic E-state index is 0.00515. The van der Waals surface area contributed by atoms with Gasteiger partial charge in [0.2, 0.25) is 0 Å². The van der Waals surface area contributed by atoms with E-state index in [9.17, 15) is 0 Å². The van der Waals surface area contributed by atoms with Gasteiger partial charge in [0.15, 0.2) is 0 Å². The van der Waals surface area contributed by atoms with Crippen molar-refractivity contribution in [1.29, 1.82) is 0 Å². The van der Waals surface area contributed by atoms with Crippen LogP contribution in [0, 0.1) is 6.92 Å². The Morgan fingerprint density at radius 1 is 1.43 bits per heavy atom. The van der Waals surface area contributed by atoms with Gasteiger partial charge >= 0.3 is 0 Å². The van der Waals surface area contributed by atoms with E-state index in [0.717, 1.165) is 23.0 Å². The van der Waals surface area contributed by atoms with E-state index in [1.807, 2.05) is 24.8 Å². The highest BCUT2D eigenvalue weighted by Crippen LogP contribution is 2.10. The van der Waals surface area contributed by atoms with Gasteiger partial charge in [-0.2, -0.15) is 11.8 Å². The van der Waals surface area contributed by atoms with Crippen molar-refractivity contribution in [2.75, 3.05) is 5.75 Å². The maximum Gasteiger partial charge on any atom is 0.138 e. The first-order chi connectivity index (χ1) is 6.76. The minimum atomic E-state index is -0.00515. The van der Waals surface area contributed by atoms with Crippen molar-refractivity contribution in [3.8, 4) is 0 Å². The molecule has 1 aromatic rings. The first kappa shape index (κ1) is 11.5. The van der Waals surface area contributed by atoms with Crippen molar-refractivity contribution in [3.63, 3.8) is 0 Å². The fraction of sp³-hybridized carbons (Fsp3) is 0.600. The van der Waals surface area contributed by atoms with E-state index in [4.69, 9.17) is 5.11 Å². The fourth-order valence-corrected chi connectivity index (χ4v) is 1.90. The summed E-state index contributed by atoms with van der Waals surface area (Å²) in [5.74, 6) is 2.79. The highest BCUT2D eigenvalue weighted by atomic mass is 32.2. The van der Waals surface area contributed by atoms with Gasteiger partial charge in [-0.05, 0) is 25.2 Å². The number of rotatable bonds is 5. The average Bonchev–Trinajstić information content (AvgIpc) is 2.17. The second-order valence-electron chi connectivity index (χ2n) is 3.13. The lowest BCUT2D eigenvalue weighted by molar-refractivity contribution is 0.276. The number of aliphatic hydroxyl groups excluding tert-OH is 1. The van der Waals surface area contributed by atoms with E-state index < -0.39 is 0 Å². The Hall–Kier alpha value is -0.610. The van der Waals surface area contributed by atoms with E-state index in [0.29, 0.717) is 5.69 Å². The van der Waals surface area contributed by atoms with Crippen molar-refractivity contribution >= 4 is 11.8 Å². The smallest absolute Gasteiger partial charge is 0.138 e. The highest BCUT2D eigenvalue weighted by Gasteiger charge is 2.01. The molecule has 0 aliphatic carbocycles. The Morgan fingerprint density at radius 2 is 2.21 bits per heavy atom. The van der Waals surface area contributed by atoms with Crippen molar-refractivity contribution in [2.24, 2.45) is 0 Å². The summed E-state index contributed by atoms with van der Waals surface area (Å²) in [6, 6.07) is 1.81. The number of thioether (sulfide) groups is 1. The van der Waals surface area contributed by atoms with Crippen LogP contribution in [-0.4, -0.2) is 20.8 Å². The monoisotopic (exact) mass is 212 g/mol. The quantitative estimate of drug-likeness (QED) is 0.757. The van der Waals surface area contributed by atoms with Crippen molar-refractivity contribution in [1.82, 2.24) is 9.97 Å². The van der Waals surface area contributed by atoms with Crippen LogP contribution in [0.2, 0.25) is 0 Å². The Bertz CT molecular complexity index is 291. The zero-order valence-corrected chi connectivity index (χ0v) is 9.47. The van der Waals surface area contributed by atoms with Gasteiger partial charge in [-0.1, -0.05) is 6.92 Å². The summed E-state index contributed by atoms with van der Waals surface area (Å²) in [6.07, 6.45) is 1.17. The summed E-state index contributed by atoms with van der Waals surface area (Å²) in [4.78, 5) is 8.55. The third-order valence-electron chi connectivity index (χ3n) is 1.70. The summed E-state index contributed by atoms with van der Waals surface area (Å²) in [7, 11) is 0. The zero-order chi connectivity index (χ0) is 10.4. The minimum Gasteiger partial charge on any atom is -0.390 e. The van der Waals surface area contributed by atoms with Crippen LogP contribution in [0.4, 0.5) is 0 Å². The van der Waals surface area contributed by atoms with Gasteiger partial charge in [0.05, 0.1) is 18.1 Å². The fourth-order valence-electron chi connectivity index (χ4n) is 1.15. The second kappa shape index (κ2) is 5.98. The van der Waals surface area contributed by atoms with Gasteiger partial charge in [-0.3, -0.25) is 0 Å². The van der Waals surface area contributed by atoms with Crippen molar-refractivity contribution in [3.05, 3.63) is 23.3 Å². The summed E-state index contributed by atoms with van der Waals surface area (Å²) in [6.45, 7) is 4.08. The van der Waals surface area contributed by atoms with E-state index in [-0.39, 0.29) is 6.61 Å².